The maximum Gasteiger partial charge on any atom is -0.0353 e. The van der Waals surface area contributed by atoms with Crippen LogP contribution in [0.2, 0.25) is 0 Å². The van der Waals surface area contributed by atoms with Gasteiger partial charge in [0.15, 0.2) is 0 Å². The first kappa shape index (κ1) is 84.7. The Morgan fingerprint density at radius 3 is 0.259 bits per heavy atom. The molecule has 0 rings (SSSR count). The van der Waals surface area contributed by atoms with E-state index in [0.717, 1.165) is 0 Å². The van der Waals surface area contributed by atoms with E-state index in [2.05, 4.69) is 19.6 Å². The topological polar surface area (TPSA) is 0 Å². The summed E-state index contributed by atoms with van der Waals surface area (Å²) in [6.07, 6.45) is 124. The normalized spacial score (nSPS) is 11.7. The van der Waals surface area contributed by atoms with Crippen LogP contribution in [-0.4, -0.2) is 0 Å². The minimum absolute atomic E-state index is 1.21. The first-order valence-electron chi connectivity index (χ1n) is 42.0. The highest BCUT2D eigenvalue weighted by molar-refractivity contribution is 4.65. The quantitative estimate of drug-likeness (QED) is 0.0421. The van der Waals surface area contributed by atoms with E-state index in [-0.39, 0.29) is 0 Å². The predicted molar refractivity (Wildman–Crippen MR) is 394 cm³/mol. The Kier molecular flexibility index (Phi) is 83.5. The van der Waals surface area contributed by atoms with E-state index in [0.29, 0.717) is 0 Å². The molecule has 0 amide bonds. The number of allylic oxidation sites excluding steroid dienone is 1. The van der Waals surface area contributed by atoms with Crippen molar-refractivity contribution in [3.63, 3.8) is 0 Å². The number of rotatable bonds is 82. The molecule has 510 valence electrons. The lowest BCUT2D eigenvalue weighted by atomic mass is 10.0. The van der Waals surface area contributed by atoms with Crippen LogP contribution in [0.15, 0.2) is 12.7 Å². The SMILES string of the molecule is C=CCCCCCCCCCCCCCCCCCCCCCCCCCCCCCCCCCCCCCCCCCCCCCCCCCCCCCCCCCCCCCCCCCCCCCCCCCCCCCCCCCCC. The Balaban J connectivity index is 3.08. The molecule has 85 heavy (non-hydrogen) atoms. The Bertz CT molecular complexity index is 1090. The second-order valence-corrected chi connectivity index (χ2v) is 29.4. The van der Waals surface area contributed by atoms with Crippen molar-refractivity contribution in [2.75, 3.05) is 0 Å². The van der Waals surface area contributed by atoms with Gasteiger partial charge in [-0.25, -0.2) is 0 Å². The molecule has 0 aliphatic rings. The summed E-state index contributed by atoms with van der Waals surface area (Å²) in [4.78, 5) is 0. The third-order valence-corrected chi connectivity index (χ3v) is 20.5. The van der Waals surface area contributed by atoms with Crippen LogP contribution in [-0.2, 0) is 0 Å². The fraction of sp³-hybridized carbons (Fsp3) is 0.976. The minimum Gasteiger partial charge on any atom is -0.103 e. The summed E-state index contributed by atoms with van der Waals surface area (Å²) < 4.78 is 0. The van der Waals surface area contributed by atoms with E-state index < -0.39 is 0 Å². The van der Waals surface area contributed by atoms with E-state index in [9.17, 15) is 0 Å². The Morgan fingerprint density at radius 2 is 0.188 bits per heavy atom. The van der Waals surface area contributed by atoms with Crippen molar-refractivity contribution in [1.82, 2.24) is 0 Å². The van der Waals surface area contributed by atoms with Gasteiger partial charge in [-0.05, 0) is 12.8 Å². The van der Waals surface area contributed by atoms with Crippen molar-refractivity contribution in [3.05, 3.63) is 12.7 Å². The summed E-state index contributed by atoms with van der Waals surface area (Å²) in [6, 6.07) is 0. The lowest BCUT2D eigenvalue weighted by Gasteiger charge is -2.05. The highest BCUT2D eigenvalue weighted by Gasteiger charge is 2.02. The molecule has 0 unspecified atom stereocenters. The summed E-state index contributed by atoms with van der Waals surface area (Å²) in [5.41, 5.74) is 0. The molecule has 0 saturated heterocycles. The van der Waals surface area contributed by atoms with Crippen LogP contribution in [0, 0.1) is 0 Å². The third-order valence-electron chi connectivity index (χ3n) is 20.5. The van der Waals surface area contributed by atoms with Crippen LogP contribution in [0.1, 0.15) is 533 Å². The molecular formula is C85H170. The second kappa shape index (κ2) is 83.7. The summed E-state index contributed by atoms with van der Waals surface area (Å²) >= 11 is 0. The second-order valence-electron chi connectivity index (χ2n) is 29.4. The highest BCUT2D eigenvalue weighted by atomic mass is 14.1. The van der Waals surface area contributed by atoms with Crippen LogP contribution in [0.3, 0.4) is 0 Å². The molecule has 0 fully saturated rings. The van der Waals surface area contributed by atoms with Crippen molar-refractivity contribution >= 4 is 0 Å². The maximum atomic E-state index is 3.82. The van der Waals surface area contributed by atoms with Gasteiger partial charge in [0.1, 0.15) is 0 Å². The lowest BCUT2D eigenvalue weighted by Crippen LogP contribution is -1.85. The smallest absolute Gasteiger partial charge is 0.0353 e. The van der Waals surface area contributed by atoms with Crippen molar-refractivity contribution in [2.45, 2.75) is 533 Å². The van der Waals surface area contributed by atoms with Crippen LogP contribution in [0.4, 0.5) is 0 Å². The van der Waals surface area contributed by atoms with Crippen LogP contribution >= 0.6 is 0 Å². The van der Waals surface area contributed by atoms with Gasteiger partial charge in [-0.15, -0.1) is 6.58 Å². The molecule has 0 aromatic rings. The van der Waals surface area contributed by atoms with Gasteiger partial charge in [-0.2, -0.15) is 0 Å². The molecule has 0 aliphatic carbocycles. The molecule has 0 aliphatic heterocycles. The van der Waals surface area contributed by atoms with Crippen LogP contribution < -0.4 is 0 Å². The predicted octanol–water partition coefficient (Wildman–Crippen LogP) is 33.2. The van der Waals surface area contributed by atoms with Crippen molar-refractivity contribution in [1.29, 1.82) is 0 Å². The van der Waals surface area contributed by atoms with Gasteiger partial charge in [-0.1, -0.05) is 527 Å². The zero-order valence-electron chi connectivity index (χ0n) is 60.3. The summed E-state index contributed by atoms with van der Waals surface area (Å²) in [5, 5.41) is 0. The zero-order valence-corrected chi connectivity index (χ0v) is 60.3. The third kappa shape index (κ3) is 83.7. The van der Waals surface area contributed by atoms with E-state index in [1.807, 2.05) is 0 Å². The van der Waals surface area contributed by atoms with Gasteiger partial charge in [0.25, 0.3) is 0 Å². The van der Waals surface area contributed by atoms with Gasteiger partial charge in [0.05, 0.1) is 0 Å². The van der Waals surface area contributed by atoms with Gasteiger partial charge in [-0.3, -0.25) is 0 Å². The van der Waals surface area contributed by atoms with Gasteiger partial charge < -0.3 is 0 Å². The van der Waals surface area contributed by atoms with E-state index in [1.54, 1.807) is 0 Å². The molecule has 0 bridgehead atoms. The van der Waals surface area contributed by atoms with Gasteiger partial charge in [0.2, 0.25) is 0 Å². The Labute approximate surface area is 543 Å². The molecule has 0 heterocycles. The molecule has 0 saturated carbocycles. The summed E-state index contributed by atoms with van der Waals surface area (Å²) in [5.74, 6) is 0. The Hall–Kier alpha value is -0.260. The van der Waals surface area contributed by atoms with E-state index in [1.165, 1.54) is 527 Å². The molecular weight excluding hydrogens is 1020 g/mol. The number of hydrogen-bond acceptors (Lipinski definition) is 0. The molecule has 0 spiro atoms. The van der Waals surface area contributed by atoms with Crippen molar-refractivity contribution < 1.29 is 0 Å². The number of unbranched alkanes of at least 4 members (excludes halogenated alkanes) is 81. The maximum absolute atomic E-state index is 3.82. The molecule has 0 heteroatoms. The fourth-order valence-electron chi connectivity index (χ4n) is 14.3. The molecule has 0 aromatic heterocycles. The van der Waals surface area contributed by atoms with E-state index >= 15 is 0 Å². The molecule has 0 aromatic carbocycles. The Morgan fingerprint density at radius 1 is 0.118 bits per heavy atom. The van der Waals surface area contributed by atoms with Crippen LogP contribution in [0.25, 0.3) is 0 Å². The average molecular weight is 1190 g/mol. The highest BCUT2D eigenvalue weighted by Crippen LogP contribution is 2.22. The standard InChI is InChI=1S/C85H170/c1-3-5-7-9-11-13-15-17-19-21-23-25-27-29-31-33-35-37-39-41-43-45-47-49-51-53-55-57-59-61-63-65-67-69-71-73-75-77-79-81-83-85-84-82-80-78-76-74-72-70-68-66-64-62-60-58-56-54-52-50-48-46-44-42-40-38-36-34-32-30-28-26-24-22-20-18-16-14-12-10-8-6-4-2/h3H,1,4-85H2,2H3. The first-order chi connectivity index (χ1) is 42.4. The van der Waals surface area contributed by atoms with Gasteiger partial charge in [0, 0.05) is 0 Å². The lowest BCUT2D eigenvalue weighted by molar-refractivity contribution is 0.505. The molecule has 0 atom stereocenters. The fourth-order valence-corrected chi connectivity index (χ4v) is 14.3. The van der Waals surface area contributed by atoms with Gasteiger partial charge >= 0.3 is 0 Å². The molecule has 0 nitrogen and oxygen atoms in total. The summed E-state index contributed by atoms with van der Waals surface area (Å²) in [6.45, 7) is 6.14. The zero-order chi connectivity index (χ0) is 60.7. The first-order valence-corrected chi connectivity index (χ1v) is 42.0. The van der Waals surface area contributed by atoms with E-state index in [4.69, 9.17) is 0 Å². The number of hydrogen-bond donors (Lipinski definition) is 0. The monoisotopic (exact) mass is 1190 g/mol. The average Bonchev–Trinajstić information content (AvgIpc) is 3.51. The van der Waals surface area contributed by atoms with Crippen LogP contribution in [0.5, 0.6) is 0 Å². The largest absolute Gasteiger partial charge is 0.103 e. The summed E-state index contributed by atoms with van der Waals surface area (Å²) in [7, 11) is 0. The minimum atomic E-state index is 1.21. The molecule has 0 N–H and O–H groups in total. The van der Waals surface area contributed by atoms with Crippen molar-refractivity contribution in [3.8, 4) is 0 Å². The van der Waals surface area contributed by atoms with Crippen molar-refractivity contribution in [2.24, 2.45) is 0 Å². The molecule has 0 radical (unpaired) electrons.